The fourth-order valence-corrected chi connectivity index (χ4v) is 3.25. The highest BCUT2D eigenvalue weighted by Crippen LogP contribution is 2.26. The van der Waals surface area contributed by atoms with Crippen molar-refractivity contribution in [3.63, 3.8) is 0 Å². The van der Waals surface area contributed by atoms with Gasteiger partial charge in [-0.3, -0.25) is 4.39 Å². The van der Waals surface area contributed by atoms with Gasteiger partial charge in [-0.05, 0) is 61.3 Å². The second kappa shape index (κ2) is 9.42. The molecule has 144 valence electrons. The Morgan fingerprint density at radius 1 is 1.11 bits per heavy atom. The molecule has 0 aliphatic heterocycles. The summed E-state index contributed by atoms with van der Waals surface area (Å²) in [6, 6.07) is 14.1. The van der Waals surface area contributed by atoms with E-state index in [1.807, 2.05) is 24.3 Å². The first-order valence-electron chi connectivity index (χ1n) is 9.35. The molecule has 5 heteroatoms. The third kappa shape index (κ3) is 5.01. The molecule has 0 aliphatic rings. The summed E-state index contributed by atoms with van der Waals surface area (Å²) in [5.41, 5.74) is 4.81. The molecule has 0 saturated carbocycles. The van der Waals surface area contributed by atoms with Gasteiger partial charge in [0.15, 0.2) is 0 Å². The molecule has 0 spiro atoms. The van der Waals surface area contributed by atoms with Crippen LogP contribution in [0.3, 0.4) is 0 Å². The van der Waals surface area contributed by atoms with Crippen molar-refractivity contribution in [3.05, 3.63) is 59.3 Å². The number of aryl methyl sites for hydroxylation is 1. The van der Waals surface area contributed by atoms with Crippen molar-refractivity contribution in [2.24, 2.45) is 0 Å². The van der Waals surface area contributed by atoms with Gasteiger partial charge in [-0.2, -0.15) is 0 Å². The molecule has 0 bridgehead atoms. The summed E-state index contributed by atoms with van der Waals surface area (Å²) in [5, 5.41) is 4.71. The number of H-pyrrole nitrogens is 1. The number of nitrogens with one attached hydrogen (secondary N) is 2. The third-order valence-electron chi connectivity index (χ3n) is 4.65. The second-order valence-corrected chi connectivity index (χ2v) is 6.61. The van der Waals surface area contributed by atoms with Crippen LogP contribution in [-0.4, -0.2) is 31.9 Å². The van der Waals surface area contributed by atoms with Crippen LogP contribution in [0.25, 0.3) is 10.9 Å². The minimum Gasteiger partial charge on any atom is -0.497 e. The van der Waals surface area contributed by atoms with Crippen LogP contribution < -0.4 is 14.8 Å². The summed E-state index contributed by atoms with van der Waals surface area (Å²) in [6.07, 6.45) is 1.36. The minimum atomic E-state index is -0.347. The molecule has 0 unspecified atom stereocenters. The van der Waals surface area contributed by atoms with Crippen LogP contribution >= 0.6 is 0 Å². The number of ether oxygens (including phenoxy) is 2. The van der Waals surface area contributed by atoms with Crippen LogP contribution in [-0.2, 0) is 13.0 Å². The number of rotatable bonds is 10. The van der Waals surface area contributed by atoms with Gasteiger partial charge in [0.1, 0.15) is 11.5 Å². The van der Waals surface area contributed by atoms with E-state index in [9.17, 15) is 4.39 Å². The summed E-state index contributed by atoms with van der Waals surface area (Å²) in [4.78, 5) is 3.44. The van der Waals surface area contributed by atoms with Gasteiger partial charge in [0, 0.05) is 29.6 Å². The molecule has 0 radical (unpaired) electrons. The molecule has 3 rings (SSSR count). The number of alkyl halides is 1. The number of aromatic amines is 1. The van der Waals surface area contributed by atoms with E-state index in [1.54, 1.807) is 7.11 Å². The van der Waals surface area contributed by atoms with Crippen molar-refractivity contribution in [2.45, 2.75) is 26.3 Å². The molecule has 27 heavy (non-hydrogen) atoms. The molecule has 4 nitrogen and oxygen atoms in total. The van der Waals surface area contributed by atoms with Crippen molar-refractivity contribution in [1.29, 1.82) is 0 Å². The van der Waals surface area contributed by atoms with Crippen LogP contribution in [0.4, 0.5) is 4.39 Å². The number of hydrogen-bond acceptors (Lipinski definition) is 3. The summed E-state index contributed by atoms with van der Waals surface area (Å²) in [6.45, 7) is 3.82. The Labute approximate surface area is 159 Å². The van der Waals surface area contributed by atoms with E-state index < -0.39 is 0 Å². The lowest BCUT2D eigenvalue weighted by Gasteiger charge is -2.09. The van der Waals surface area contributed by atoms with Gasteiger partial charge < -0.3 is 19.8 Å². The Bertz CT molecular complexity index is 876. The molecule has 2 N–H and O–H groups in total. The fraction of sp³-hybridized carbons (Fsp3) is 0.364. The molecule has 3 aromatic rings. The zero-order valence-electron chi connectivity index (χ0n) is 16.0. The third-order valence-corrected chi connectivity index (χ3v) is 4.65. The Kier molecular flexibility index (Phi) is 6.71. The van der Waals surface area contributed by atoms with Crippen LogP contribution in [0, 0.1) is 6.92 Å². The molecule has 1 aromatic heterocycles. The van der Waals surface area contributed by atoms with E-state index in [4.69, 9.17) is 9.47 Å². The number of halogens is 1. The van der Waals surface area contributed by atoms with Crippen LogP contribution in [0.2, 0.25) is 0 Å². The summed E-state index contributed by atoms with van der Waals surface area (Å²) < 4.78 is 23.1. The average Bonchev–Trinajstić information content (AvgIpc) is 3.00. The molecule has 0 aliphatic carbocycles. The Hall–Kier alpha value is -2.53. The van der Waals surface area contributed by atoms with Gasteiger partial charge in [-0.25, -0.2) is 0 Å². The number of methoxy groups -OCH3 is 1. The number of benzene rings is 2. The topological polar surface area (TPSA) is 46.3 Å². The Morgan fingerprint density at radius 2 is 2.00 bits per heavy atom. The zero-order valence-corrected chi connectivity index (χ0v) is 16.0. The molecule has 1 heterocycles. The van der Waals surface area contributed by atoms with Crippen molar-refractivity contribution in [3.8, 4) is 11.5 Å². The van der Waals surface area contributed by atoms with E-state index in [0.29, 0.717) is 13.0 Å². The number of fused-ring (bicyclic) bond motifs is 1. The predicted octanol–water partition coefficient (Wildman–Crippen LogP) is 4.56. The maximum Gasteiger partial charge on any atom is 0.119 e. The predicted molar refractivity (Wildman–Crippen MR) is 108 cm³/mol. The molecule has 0 fully saturated rings. The molecule has 0 saturated heterocycles. The monoisotopic (exact) mass is 370 g/mol. The maximum atomic E-state index is 12.2. The summed E-state index contributed by atoms with van der Waals surface area (Å²) in [7, 11) is 1.69. The van der Waals surface area contributed by atoms with Gasteiger partial charge >= 0.3 is 0 Å². The Balaban J connectivity index is 1.55. The van der Waals surface area contributed by atoms with Gasteiger partial charge in [0.2, 0.25) is 0 Å². The van der Waals surface area contributed by atoms with Crippen molar-refractivity contribution in [2.75, 3.05) is 26.9 Å². The SMILES string of the molecule is COc1ccc2[nH]c(C)c(CCNCc3cccc(OCCCF)c3)c2c1. The molecular formula is C22H27FN2O2. The largest absolute Gasteiger partial charge is 0.497 e. The van der Waals surface area contributed by atoms with E-state index in [2.05, 4.69) is 35.4 Å². The van der Waals surface area contributed by atoms with E-state index in [1.165, 1.54) is 16.6 Å². The highest BCUT2D eigenvalue weighted by molar-refractivity contribution is 5.86. The van der Waals surface area contributed by atoms with E-state index in [0.717, 1.165) is 42.1 Å². The first-order valence-corrected chi connectivity index (χ1v) is 9.35. The zero-order chi connectivity index (χ0) is 19.1. The molecule has 0 amide bonds. The Morgan fingerprint density at radius 3 is 2.81 bits per heavy atom. The summed E-state index contributed by atoms with van der Waals surface area (Å²) in [5.74, 6) is 1.67. The minimum absolute atomic E-state index is 0.347. The molecular weight excluding hydrogens is 343 g/mol. The fourth-order valence-electron chi connectivity index (χ4n) is 3.25. The quantitative estimate of drug-likeness (QED) is 0.515. The van der Waals surface area contributed by atoms with Crippen LogP contribution in [0.1, 0.15) is 23.2 Å². The van der Waals surface area contributed by atoms with Crippen LogP contribution in [0.5, 0.6) is 11.5 Å². The smallest absolute Gasteiger partial charge is 0.119 e. The van der Waals surface area contributed by atoms with Crippen molar-refractivity contribution in [1.82, 2.24) is 10.3 Å². The lowest BCUT2D eigenvalue weighted by molar-refractivity contribution is 0.289. The standard InChI is InChI=1S/C22H27FN2O2/c1-16-20(21-14-18(26-2)7-8-22(21)25-16)9-11-24-15-17-5-3-6-19(13-17)27-12-4-10-23/h3,5-8,13-14,24-25H,4,9-12,15H2,1-2H3. The second-order valence-electron chi connectivity index (χ2n) is 6.61. The highest BCUT2D eigenvalue weighted by Gasteiger charge is 2.09. The lowest BCUT2D eigenvalue weighted by Crippen LogP contribution is -2.17. The van der Waals surface area contributed by atoms with Crippen molar-refractivity contribution >= 4 is 10.9 Å². The van der Waals surface area contributed by atoms with E-state index >= 15 is 0 Å². The first kappa shape index (κ1) is 19.2. The highest BCUT2D eigenvalue weighted by atomic mass is 19.1. The number of aromatic nitrogens is 1. The van der Waals surface area contributed by atoms with Gasteiger partial charge in [0.05, 0.1) is 20.4 Å². The first-order chi connectivity index (χ1) is 13.2. The van der Waals surface area contributed by atoms with Crippen molar-refractivity contribution < 1.29 is 13.9 Å². The number of hydrogen-bond donors (Lipinski definition) is 2. The maximum absolute atomic E-state index is 12.2. The van der Waals surface area contributed by atoms with Crippen LogP contribution in [0.15, 0.2) is 42.5 Å². The van der Waals surface area contributed by atoms with E-state index in [-0.39, 0.29) is 6.67 Å². The van der Waals surface area contributed by atoms with Gasteiger partial charge in [-0.15, -0.1) is 0 Å². The molecule has 0 atom stereocenters. The molecule has 2 aromatic carbocycles. The van der Waals surface area contributed by atoms with Gasteiger partial charge in [-0.1, -0.05) is 12.1 Å². The van der Waals surface area contributed by atoms with Gasteiger partial charge in [0.25, 0.3) is 0 Å². The average molecular weight is 370 g/mol. The lowest BCUT2D eigenvalue weighted by atomic mass is 10.1. The normalized spacial score (nSPS) is 11.1. The summed E-state index contributed by atoms with van der Waals surface area (Å²) >= 11 is 0.